The first-order chi connectivity index (χ1) is 11.6. The first-order valence-electron chi connectivity index (χ1n) is 7.42. The van der Waals surface area contributed by atoms with Crippen LogP contribution in [-0.2, 0) is 0 Å². The minimum atomic E-state index is -0.378. The Bertz CT molecular complexity index is 922. The SMILES string of the molecule is O=C(NCCSc1ccc(Cl)cc1)c1cc2ccccc2[nH]c1=O. The van der Waals surface area contributed by atoms with Crippen molar-refractivity contribution in [1.29, 1.82) is 0 Å². The van der Waals surface area contributed by atoms with E-state index < -0.39 is 0 Å². The maximum absolute atomic E-state index is 12.2. The molecule has 24 heavy (non-hydrogen) atoms. The van der Waals surface area contributed by atoms with Gasteiger partial charge in [-0.1, -0.05) is 29.8 Å². The van der Waals surface area contributed by atoms with Gasteiger partial charge in [-0.3, -0.25) is 9.59 Å². The molecule has 1 amide bonds. The van der Waals surface area contributed by atoms with Crippen LogP contribution in [-0.4, -0.2) is 23.2 Å². The number of fused-ring (bicyclic) bond motifs is 1. The summed E-state index contributed by atoms with van der Waals surface area (Å²) in [5.41, 5.74) is 0.471. The highest BCUT2D eigenvalue weighted by Gasteiger charge is 2.11. The number of carbonyl (C=O) groups is 1. The first kappa shape index (κ1) is 16.6. The summed E-state index contributed by atoms with van der Waals surface area (Å²) in [4.78, 5) is 28.0. The van der Waals surface area contributed by atoms with Crippen LogP contribution in [0, 0.1) is 0 Å². The predicted octanol–water partition coefficient (Wildman–Crippen LogP) is 3.70. The number of nitrogens with one attached hydrogen (secondary N) is 2. The molecule has 0 aliphatic rings. The van der Waals surface area contributed by atoms with E-state index in [0.717, 1.165) is 15.8 Å². The van der Waals surface area contributed by atoms with E-state index in [-0.39, 0.29) is 17.0 Å². The van der Waals surface area contributed by atoms with Crippen LogP contribution in [0.4, 0.5) is 0 Å². The van der Waals surface area contributed by atoms with E-state index in [9.17, 15) is 9.59 Å². The molecular formula is C18H15ClN2O2S. The number of hydrogen-bond donors (Lipinski definition) is 2. The maximum atomic E-state index is 12.2. The van der Waals surface area contributed by atoms with Crippen LogP contribution in [0.15, 0.2) is 64.3 Å². The molecule has 0 saturated heterocycles. The number of carbonyl (C=O) groups excluding carboxylic acids is 1. The lowest BCUT2D eigenvalue weighted by Gasteiger charge is -2.06. The molecule has 0 aliphatic carbocycles. The van der Waals surface area contributed by atoms with Gasteiger partial charge in [0.05, 0.1) is 0 Å². The van der Waals surface area contributed by atoms with E-state index in [0.29, 0.717) is 17.3 Å². The highest BCUT2D eigenvalue weighted by molar-refractivity contribution is 7.99. The maximum Gasteiger partial charge on any atom is 0.261 e. The molecule has 3 rings (SSSR count). The smallest absolute Gasteiger partial charge is 0.261 e. The summed E-state index contributed by atoms with van der Waals surface area (Å²) in [5.74, 6) is 0.345. The van der Waals surface area contributed by atoms with Gasteiger partial charge in [0.2, 0.25) is 0 Å². The number of benzene rings is 2. The molecule has 2 N–H and O–H groups in total. The van der Waals surface area contributed by atoms with Crippen molar-refractivity contribution in [2.45, 2.75) is 4.90 Å². The van der Waals surface area contributed by atoms with Crippen molar-refractivity contribution in [3.8, 4) is 0 Å². The third-order valence-corrected chi connectivity index (χ3v) is 4.73. The molecular weight excluding hydrogens is 344 g/mol. The molecule has 6 heteroatoms. The average Bonchev–Trinajstić information content (AvgIpc) is 2.59. The Morgan fingerprint density at radius 1 is 1.12 bits per heavy atom. The van der Waals surface area contributed by atoms with Crippen LogP contribution in [0.3, 0.4) is 0 Å². The van der Waals surface area contributed by atoms with Crippen molar-refractivity contribution >= 4 is 40.2 Å². The number of aromatic amines is 1. The quantitative estimate of drug-likeness (QED) is 0.540. The Morgan fingerprint density at radius 2 is 1.88 bits per heavy atom. The third-order valence-electron chi connectivity index (χ3n) is 3.47. The van der Waals surface area contributed by atoms with Crippen molar-refractivity contribution in [1.82, 2.24) is 10.3 Å². The van der Waals surface area contributed by atoms with E-state index in [2.05, 4.69) is 10.3 Å². The molecule has 122 valence electrons. The zero-order chi connectivity index (χ0) is 16.9. The number of amides is 1. The summed E-state index contributed by atoms with van der Waals surface area (Å²) in [6, 6.07) is 16.5. The number of halogens is 1. The molecule has 0 unspecified atom stereocenters. The number of hydrogen-bond acceptors (Lipinski definition) is 3. The van der Waals surface area contributed by atoms with Gasteiger partial charge in [-0.2, -0.15) is 0 Å². The van der Waals surface area contributed by atoms with Gasteiger partial charge in [-0.15, -0.1) is 11.8 Å². The molecule has 3 aromatic rings. The second kappa shape index (κ2) is 7.55. The molecule has 0 saturated carbocycles. The summed E-state index contributed by atoms with van der Waals surface area (Å²) in [7, 11) is 0. The van der Waals surface area contributed by atoms with Crippen LogP contribution < -0.4 is 10.9 Å². The summed E-state index contributed by atoms with van der Waals surface area (Å²) < 4.78 is 0. The zero-order valence-corrected chi connectivity index (χ0v) is 14.3. The minimum absolute atomic E-state index is 0.130. The van der Waals surface area contributed by atoms with Gasteiger partial charge in [0, 0.05) is 27.7 Å². The van der Waals surface area contributed by atoms with Crippen molar-refractivity contribution in [3.63, 3.8) is 0 Å². The standard InChI is InChI=1S/C18H15ClN2O2S/c19-13-5-7-14(8-6-13)24-10-9-20-17(22)15-11-12-3-1-2-4-16(12)21-18(15)23/h1-8,11H,9-10H2,(H,20,22)(H,21,23). The molecule has 0 fully saturated rings. The highest BCUT2D eigenvalue weighted by atomic mass is 35.5. The summed E-state index contributed by atoms with van der Waals surface area (Å²) in [6.07, 6.45) is 0. The number of pyridine rings is 1. The van der Waals surface area contributed by atoms with E-state index in [1.165, 1.54) is 0 Å². The Labute approximate surface area is 148 Å². The minimum Gasteiger partial charge on any atom is -0.351 e. The lowest BCUT2D eigenvalue weighted by molar-refractivity contribution is 0.0955. The fourth-order valence-corrected chi connectivity index (χ4v) is 3.17. The number of aromatic nitrogens is 1. The molecule has 2 aromatic carbocycles. The van der Waals surface area contributed by atoms with E-state index >= 15 is 0 Å². The molecule has 4 nitrogen and oxygen atoms in total. The van der Waals surface area contributed by atoms with Crippen molar-refractivity contribution < 1.29 is 4.79 Å². The monoisotopic (exact) mass is 358 g/mol. The number of para-hydroxylation sites is 1. The van der Waals surface area contributed by atoms with Crippen molar-refractivity contribution in [3.05, 3.63) is 75.5 Å². The van der Waals surface area contributed by atoms with Gasteiger partial charge in [0.25, 0.3) is 11.5 Å². The largest absolute Gasteiger partial charge is 0.351 e. The molecule has 0 radical (unpaired) electrons. The molecule has 0 aliphatic heterocycles. The molecule has 1 aromatic heterocycles. The highest BCUT2D eigenvalue weighted by Crippen LogP contribution is 2.19. The normalized spacial score (nSPS) is 10.7. The van der Waals surface area contributed by atoms with Crippen LogP contribution >= 0.6 is 23.4 Å². The van der Waals surface area contributed by atoms with E-state index in [4.69, 9.17) is 11.6 Å². The van der Waals surface area contributed by atoms with E-state index in [1.54, 1.807) is 23.9 Å². The Hall–Kier alpha value is -2.24. The van der Waals surface area contributed by atoms with Crippen molar-refractivity contribution in [2.24, 2.45) is 0 Å². The van der Waals surface area contributed by atoms with Crippen LogP contribution in [0.2, 0.25) is 5.02 Å². The Kier molecular flexibility index (Phi) is 5.23. The van der Waals surface area contributed by atoms with E-state index in [1.807, 2.05) is 42.5 Å². The molecule has 0 spiro atoms. The van der Waals surface area contributed by atoms with Crippen LogP contribution in [0.25, 0.3) is 10.9 Å². The van der Waals surface area contributed by atoms with Gasteiger partial charge >= 0.3 is 0 Å². The molecule has 0 atom stereocenters. The summed E-state index contributed by atoms with van der Waals surface area (Å²) >= 11 is 7.45. The van der Waals surface area contributed by atoms with Crippen LogP contribution in [0.5, 0.6) is 0 Å². The van der Waals surface area contributed by atoms with Gasteiger partial charge in [-0.25, -0.2) is 0 Å². The zero-order valence-electron chi connectivity index (χ0n) is 12.7. The topological polar surface area (TPSA) is 62.0 Å². The Morgan fingerprint density at radius 3 is 2.67 bits per heavy atom. The number of thioether (sulfide) groups is 1. The van der Waals surface area contributed by atoms with Crippen molar-refractivity contribution in [2.75, 3.05) is 12.3 Å². The predicted molar refractivity (Wildman–Crippen MR) is 99.1 cm³/mol. The summed E-state index contributed by atoms with van der Waals surface area (Å²) in [5, 5.41) is 4.31. The second-order valence-electron chi connectivity index (χ2n) is 5.16. The first-order valence-corrected chi connectivity index (χ1v) is 8.78. The fourth-order valence-electron chi connectivity index (χ4n) is 2.28. The van der Waals surface area contributed by atoms with Gasteiger partial charge in [0.15, 0.2) is 0 Å². The molecule has 0 bridgehead atoms. The number of H-pyrrole nitrogens is 1. The van der Waals surface area contributed by atoms with Gasteiger partial charge in [0.1, 0.15) is 5.56 Å². The second-order valence-corrected chi connectivity index (χ2v) is 6.76. The van der Waals surface area contributed by atoms with Gasteiger partial charge in [-0.05, 0) is 41.8 Å². The lowest BCUT2D eigenvalue weighted by Crippen LogP contribution is -2.31. The molecule has 1 heterocycles. The number of rotatable bonds is 5. The lowest BCUT2D eigenvalue weighted by atomic mass is 10.1. The third kappa shape index (κ3) is 3.99. The van der Waals surface area contributed by atoms with Crippen LogP contribution in [0.1, 0.15) is 10.4 Å². The average molecular weight is 359 g/mol. The summed E-state index contributed by atoms with van der Waals surface area (Å²) in [6.45, 7) is 0.471. The van der Waals surface area contributed by atoms with Gasteiger partial charge < -0.3 is 10.3 Å². The Balaban J connectivity index is 1.60. The fraction of sp³-hybridized carbons (Fsp3) is 0.111.